The zero-order chi connectivity index (χ0) is 14.9. The average molecular weight is 274 g/mol. The van der Waals surface area contributed by atoms with Crippen LogP contribution < -0.4 is 5.32 Å². The Morgan fingerprint density at radius 3 is 2.60 bits per heavy atom. The minimum atomic E-state index is -1.26. The highest BCUT2D eigenvalue weighted by Gasteiger charge is 2.34. The van der Waals surface area contributed by atoms with Gasteiger partial charge in [0.2, 0.25) is 0 Å². The number of carbonyl (C=O) groups is 2. The summed E-state index contributed by atoms with van der Waals surface area (Å²) in [6.45, 7) is 5.05. The van der Waals surface area contributed by atoms with Crippen LogP contribution in [0.4, 0.5) is 0 Å². The number of carbonyl (C=O) groups excluding carboxylic acids is 1. The molecule has 1 atom stereocenters. The van der Waals surface area contributed by atoms with E-state index >= 15 is 0 Å². The molecule has 1 heterocycles. The van der Waals surface area contributed by atoms with Gasteiger partial charge < -0.3 is 15.4 Å². The van der Waals surface area contributed by atoms with Gasteiger partial charge in [-0.25, -0.2) is 4.79 Å². The quantitative estimate of drug-likeness (QED) is 0.801. The Bertz CT molecular complexity index is 675. The molecular formula is C15H18N2O3. The molecule has 0 aliphatic rings. The molecular weight excluding hydrogens is 256 g/mol. The Kier molecular flexibility index (Phi) is 3.53. The standard InChI is InChI=1S/C15H18N2O3/c1-4-15(3,14(19)20)17-13(18)12-9(2)16-11-8-6-5-7-10(11)12/h5-8,16H,4H2,1-3H3,(H,17,18)(H,19,20). The van der Waals surface area contributed by atoms with Crippen molar-refractivity contribution in [1.29, 1.82) is 0 Å². The summed E-state index contributed by atoms with van der Waals surface area (Å²) < 4.78 is 0. The summed E-state index contributed by atoms with van der Waals surface area (Å²) in [5.74, 6) is -1.41. The monoisotopic (exact) mass is 274 g/mol. The van der Waals surface area contributed by atoms with Gasteiger partial charge >= 0.3 is 5.97 Å². The minimum absolute atomic E-state index is 0.315. The zero-order valence-electron chi connectivity index (χ0n) is 11.8. The molecule has 0 fully saturated rings. The van der Waals surface area contributed by atoms with Crippen LogP contribution in [0.2, 0.25) is 0 Å². The fourth-order valence-corrected chi connectivity index (χ4v) is 2.18. The van der Waals surface area contributed by atoms with Crippen LogP contribution in [0.1, 0.15) is 36.3 Å². The summed E-state index contributed by atoms with van der Waals surface area (Å²) in [6, 6.07) is 7.46. The lowest BCUT2D eigenvalue weighted by molar-refractivity contribution is -0.143. The summed E-state index contributed by atoms with van der Waals surface area (Å²) in [6.07, 6.45) is 0.315. The van der Waals surface area contributed by atoms with E-state index < -0.39 is 11.5 Å². The molecule has 1 aromatic heterocycles. The average Bonchev–Trinajstić information content (AvgIpc) is 2.74. The molecule has 2 aromatic rings. The van der Waals surface area contributed by atoms with Gasteiger partial charge in [-0.1, -0.05) is 25.1 Å². The highest BCUT2D eigenvalue weighted by molar-refractivity contribution is 6.09. The molecule has 5 heteroatoms. The predicted molar refractivity (Wildman–Crippen MR) is 76.8 cm³/mol. The topological polar surface area (TPSA) is 82.2 Å². The van der Waals surface area contributed by atoms with Crippen molar-refractivity contribution in [2.24, 2.45) is 0 Å². The van der Waals surface area contributed by atoms with Crippen LogP contribution in [0.15, 0.2) is 24.3 Å². The molecule has 1 unspecified atom stereocenters. The van der Waals surface area contributed by atoms with Crippen molar-refractivity contribution < 1.29 is 14.7 Å². The van der Waals surface area contributed by atoms with E-state index in [1.54, 1.807) is 13.8 Å². The van der Waals surface area contributed by atoms with Crippen molar-refractivity contribution in [3.63, 3.8) is 0 Å². The summed E-state index contributed by atoms with van der Waals surface area (Å²) in [5.41, 5.74) is 0.833. The van der Waals surface area contributed by atoms with Crippen molar-refractivity contribution in [2.45, 2.75) is 32.7 Å². The molecule has 0 aliphatic heterocycles. The number of nitrogens with one attached hydrogen (secondary N) is 2. The zero-order valence-corrected chi connectivity index (χ0v) is 11.8. The third-order valence-electron chi connectivity index (χ3n) is 3.69. The van der Waals surface area contributed by atoms with Gasteiger partial charge in [-0.3, -0.25) is 4.79 Å². The number of amides is 1. The number of aliphatic carboxylic acids is 1. The second kappa shape index (κ2) is 5.00. The number of aryl methyl sites for hydroxylation is 1. The van der Waals surface area contributed by atoms with E-state index in [9.17, 15) is 14.7 Å². The Labute approximate surface area is 117 Å². The number of rotatable bonds is 4. The van der Waals surface area contributed by atoms with Crippen molar-refractivity contribution in [3.8, 4) is 0 Å². The number of carboxylic acid groups (broad SMARTS) is 1. The molecule has 2 rings (SSSR count). The summed E-state index contributed by atoms with van der Waals surface area (Å²) in [5, 5.41) is 12.7. The third-order valence-corrected chi connectivity index (χ3v) is 3.69. The molecule has 20 heavy (non-hydrogen) atoms. The molecule has 1 amide bonds. The van der Waals surface area contributed by atoms with Gasteiger partial charge in [-0.15, -0.1) is 0 Å². The highest BCUT2D eigenvalue weighted by atomic mass is 16.4. The van der Waals surface area contributed by atoms with Crippen LogP contribution in [0.5, 0.6) is 0 Å². The fraction of sp³-hybridized carbons (Fsp3) is 0.333. The molecule has 1 aromatic carbocycles. The van der Waals surface area contributed by atoms with Gasteiger partial charge in [0.15, 0.2) is 0 Å². The molecule has 3 N–H and O–H groups in total. The van der Waals surface area contributed by atoms with Crippen molar-refractivity contribution in [1.82, 2.24) is 10.3 Å². The van der Waals surface area contributed by atoms with E-state index in [0.29, 0.717) is 12.0 Å². The SMILES string of the molecule is CCC(C)(NC(=O)c1c(C)[nH]c2ccccc12)C(=O)O. The maximum atomic E-state index is 12.4. The van der Waals surface area contributed by atoms with Crippen LogP contribution in [0.3, 0.4) is 0 Å². The van der Waals surface area contributed by atoms with Crippen molar-refractivity contribution in [2.75, 3.05) is 0 Å². The lowest BCUT2D eigenvalue weighted by atomic mass is 9.98. The molecule has 0 radical (unpaired) electrons. The van der Waals surface area contributed by atoms with Crippen LogP contribution in [0.25, 0.3) is 10.9 Å². The Morgan fingerprint density at radius 1 is 1.35 bits per heavy atom. The molecule has 5 nitrogen and oxygen atoms in total. The van der Waals surface area contributed by atoms with Gasteiger partial charge in [-0.2, -0.15) is 0 Å². The van der Waals surface area contributed by atoms with E-state index in [0.717, 1.165) is 16.6 Å². The van der Waals surface area contributed by atoms with Gasteiger partial charge in [0.25, 0.3) is 5.91 Å². The van der Waals surface area contributed by atoms with Gasteiger partial charge in [0.05, 0.1) is 5.56 Å². The second-order valence-electron chi connectivity index (χ2n) is 5.12. The largest absolute Gasteiger partial charge is 0.480 e. The van der Waals surface area contributed by atoms with E-state index in [2.05, 4.69) is 10.3 Å². The van der Waals surface area contributed by atoms with Crippen molar-refractivity contribution >= 4 is 22.8 Å². The van der Waals surface area contributed by atoms with E-state index in [1.165, 1.54) is 6.92 Å². The van der Waals surface area contributed by atoms with Crippen molar-refractivity contribution in [3.05, 3.63) is 35.5 Å². The molecule has 0 bridgehead atoms. The number of benzene rings is 1. The van der Waals surface area contributed by atoms with Gasteiger partial charge in [-0.05, 0) is 26.3 Å². The number of fused-ring (bicyclic) bond motifs is 1. The maximum Gasteiger partial charge on any atom is 0.329 e. The Balaban J connectivity index is 2.42. The number of H-pyrrole nitrogens is 1. The molecule has 0 saturated heterocycles. The lowest BCUT2D eigenvalue weighted by Gasteiger charge is -2.24. The Morgan fingerprint density at radius 2 is 2.00 bits per heavy atom. The number of hydrogen-bond acceptors (Lipinski definition) is 2. The third kappa shape index (κ3) is 2.27. The summed E-state index contributed by atoms with van der Waals surface area (Å²) in [4.78, 5) is 26.8. The number of hydrogen-bond donors (Lipinski definition) is 3. The van der Waals surface area contributed by atoms with E-state index in [4.69, 9.17) is 0 Å². The first kappa shape index (κ1) is 14.1. The van der Waals surface area contributed by atoms with E-state index in [-0.39, 0.29) is 5.91 Å². The first-order valence-electron chi connectivity index (χ1n) is 6.52. The molecule has 0 aliphatic carbocycles. The normalized spacial score (nSPS) is 13.9. The smallest absolute Gasteiger partial charge is 0.329 e. The number of carboxylic acids is 1. The van der Waals surface area contributed by atoms with Crippen LogP contribution in [-0.2, 0) is 4.79 Å². The molecule has 0 spiro atoms. The first-order chi connectivity index (χ1) is 9.39. The molecule has 106 valence electrons. The minimum Gasteiger partial charge on any atom is -0.480 e. The lowest BCUT2D eigenvalue weighted by Crippen LogP contribution is -2.51. The van der Waals surface area contributed by atoms with Crippen LogP contribution in [-0.4, -0.2) is 27.5 Å². The van der Waals surface area contributed by atoms with Crippen LogP contribution in [0, 0.1) is 6.92 Å². The number of aromatic nitrogens is 1. The molecule has 0 saturated carbocycles. The number of para-hydroxylation sites is 1. The predicted octanol–water partition coefficient (Wildman–Crippen LogP) is 2.46. The second-order valence-corrected chi connectivity index (χ2v) is 5.12. The van der Waals surface area contributed by atoms with E-state index in [1.807, 2.05) is 24.3 Å². The Hall–Kier alpha value is -2.30. The van der Waals surface area contributed by atoms with Crippen LogP contribution >= 0.6 is 0 Å². The van der Waals surface area contributed by atoms with Gasteiger partial charge in [0.1, 0.15) is 5.54 Å². The summed E-state index contributed by atoms with van der Waals surface area (Å²) >= 11 is 0. The first-order valence-corrected chi connectivity index (χ1v) is 6.52. The summed E-state index contributed by atoms with van der Waals surface area (Å²) in [7, 11) is 0. The van der Waals surface area contributed by atoms with Gasteiger partial charge in [0, 0.05) is 16.6 Å². The highest BCUT2D eigenvalue weighted by Crippen LogP contribution is 2.22. The fourth-order valence-electron chi connectivity index (χ4n) is 2.18. The number of aromatic amines is 1. The maximum absolute atomic E-state index is 12.4.